The molecule has 7 nitrogen and oxygen atoms in total. The second kappa shape index (κ2) is 9.89. The molecule has 142 valence electrons. The van der Waals surface area contributed by atoms with Gasteiger partial charge < -0.3 is 15.7 Å². The van der Waals surface area contributed by atoms with Crippen LogP contribution in [0.5, 0.6) is 0 Å². The molecule has 26 heavy (non-hydrogen) atoms. The molecular weight excluding hydrogens is 334 g/mol. The Kier molecular flexibility index (Phi) is 7.56. The van der Waals surface area contributed by atoms with Crippen LogP contribution in [0.4, 0.5) is 0 Å². The Morgan fingerprint density at radius 1 is 1.19 bits per heavy atom. The number of aliphatic carboxylic acids is 1. The summed E-state index contributed by atoms with van der Waals surface area (Å²) in [4.78, 5) is 38.9. The molecule has 1 saturated carbocycles. The van der Waals surface area contributed by atoms with Gasteiger partial charge in [0.1, 0.15) is 5.69 Å². The quantitative estimate of drug-likeness (QED) is 0.659. The van der Waals surface area contributed by atoms with Gasteiger partial charge in [-0.05, 0) is 30.9 Å². The summed E-state index contributed by atoms with van der Waals surface area (Å²) in [6.07, 6.45) is 8.57. The number of hydrogen-bond donors (Lipinski definition) is 3. The van der Waals surface area contributed by atoms with Crippen LogP contribution in [0.15, 0.2) is 18.3 Å². The monoisotopic (exact) mass is 361 g/mol. The second-order valence-electron chi connectivity index (χ2n) is 6.85. The van der Waals surface area contributed by atoms with Crippen LogP contribution in [0.2, 0.25) is 0 Å². The molecule has 0 radical (unpaired) electrons. The summed E-state index contributed by atoms with van der Waals surface area (Å²) in [5, 5.41) is 14.4. The summed E-state index contributed by atoms with van der Waals surface area (Å²) >= 11 is 0. The van der Waals surface area contributed by atoms with E-state index in [9.17, 15) is 14.4 Å². The molecule has 2 rings (SSSR count). The van der Waals surface area contributed by atoms with Gasteiger partial charge in [-0.3, -0.25) is 19.4 Å². The van der Waals surface area contributed by atoms with Gasteiger partial charge >= 0.3 is 5.97 Å². The lowest BCUT2D eigenvalue weighted by atomic mass is 9.84. The molecule has 1 atom stereocenters. The summed E-state index contributed by atoms with van der Waals surface area (Å²) < 4.78 is 0. The Hall–Kier alpha value is -2.44. The lowest BCUT2D eigenvalue weighted by molar-refractivity contribution is -0.137. The topological polar surface area (TPSA) is 108 Å². The fraction of sp³-hybridized carbons (Fsp3) is 0.579. The Balaban J connectivity index is 1.99. The first-order valence-corrected chi connectivity index (χ1v) is 9.20. The fourth-order valence-corrected chi connectivity index (χ4v) is 3.43. The summed E-state index contributed by atoms with van der Waals surface area (Å²) in [6, 6.07) is 2.89. The molecule has 0 saturated heterocycles. The van der Waals surface area contributed by atoms with Crippen LogP contribution < -0.4 is 10.6 Å². The lowest BCUT2D eigenvalue weighted by Crippen LogP contribution is -2.37. The van der Waals surface area contributed by atoms with Crippen LogP contribution in [-0.4, -0.2) is 41.0 Å². The number of pyridine rings is 1. The molecule has 0 aromatic carbocycles. The summed E-state index contributed by atoms with van der Waals surface area (Å²) in [5.41, 5.74) is 0.607. The summed E-state index contributed by atoms with van der Waals surface area (Å²) in [6.45, 7) is 0. The molecule has 2 amide bonds. The van der Waals surface area contributed by atoms with E-state index in [4.69, 9.17) is 5.11 Å². The van der Waals surface area contributed by atoms with Crippen LogP contribution in [0.3, 0.4) is 0 Å². The molecule has 7 heteroatoms. The highest BCUT2D eigenvalue weighted by Gasteiger charge is 2.22. The Morgan fingerprint density at radius 2 is 1.92 bits per heavy atom. The Bertz CT molecular complexity index is 624. The van der Waals surface area contributed by atoms with E-state index in [-0.39, 0.29) is 30.0 Å². The zero-order valence-electron chi connectivity index (χ0n) is 15.2. The standard InChI is InChI=1S/C19H27N3O4/c1-20-19(26)16-9-7-14(12-21-16)18(25)22-15(8-10-17(23)24)11-13-5-3-2-4-6-13/h7,9,12-13,15H,2-6,8,10-11H2,1H3,(H,20,26)(H,22,25)(H,23,24). The van der Waals surface area contributed by atoms with E-state index in [2.05, 4.69) is 15.6 Å². The van der Waals surface area contributed by atoms with Gasteiger partial charge in [0.05, 0.1) is 5.56 Å². The highest BCUT2D eigenvalue weighted by Crippen LogP contribution is 2.28. The smallest absolute Gasteiger partial charge is 0.303 e. The molecule has 1 heterocycles. The third-order valence-electron chi connectivity index (χ3n) is 4.87. The van der Waals surface area contributed by atoms with Gasteiger partial charge in [0, 0.05) is 25.7 Å². The molecule has 3 N–H and O–H groups in total. The maximum Gasteiger partial charge on any atom is 0.303 e. The van der Waals surface area contributed by atoms with Crippen molar-refractivity contribution >= 4 is 17.8 Å². The van der Waals surface area contributed by atoms with Crippen LogP contribution in [-0.2, 0) is 4.79 Å². The second-order valence-corrected chi connectivity index (χ2v) is 6.85. The van der Waals surface area contributed by atoms with Gasteiger partial charge in [-0.2, -0.15) is 0 Å². The minimum absolute atomic E-state index is 0.0333. The van der Waals surface area contributed by atoms with Gasteiger partial charge in [0.25, 0.3) is 11.8 Å². The van der Waals surface area contributed by atoms with Crippen molar-refractivity contribution in [3.63, 3.8) is 0 Å². The molecule has 1 aliphatic carbocycles. The molecule has 1 aromatic rings. The third-order valence-corrected chi connectivity index (χ3v) is 4.87. The number of rotatable bonds is 8. The lowest BCUT2D eigenvalue weighted by Gasteiger charge is -2.27. The van der Waals surface area contributed by atoms with Gasteiger partial charge in [-0.15, -0.1) is 0 Å². The first kappa shape index (κ1) is 19.9. The number of amides is 2. The van der Waals surface area contributed by atoms with Crippen LogP contribution in [0.1, 0.15) is 72.2 Å². The Labute approximate surface area is 153 Å². The van der Waals surface area contributed by atoms with Gasteiger partial charge in [-0.1, -0.05) is 32.1 Å². The van der Waals surface area contributed by atoms with E-state index in [1.165, 1.54) is 38.6 Å². The molecule has 0 spiro atoms. The number of aromatic nitrogens is 1. The summed E-state index contributed by atoms with van der Waals surface area (Å²) in [7, 11) is 1.52. The predicted molar refractivity (Wildman–Crippen MR) is 96.9 cm³/mol. The molecule has 0 aliphatic heterocycles. The van der Waals surface area contributed by atoms with Crippen molar-refractivity contribution in [1.82, 2.24) is 15.6 Å². The van der Waals surface area contributed by atoms with Crippen molar-refractivity contribution in [2.45, 2.75) is 57.4 Å². The van der Waals surface area contributed by atoms with E-state index in [0.29, 0.717) is 17.9 Å². The SMILES string of the molecule is CNC(=O)c1ccc(C(=O)NC(CCC(=O)O)CC2CCCCC2)cn1. The average Bonchev–Trinajstić information content (AvgIpc) is 2.66. The molecule has 1 unspecified atom stereocenters. The average molecular weight is 361 g/mol. The highest BCUT2D eigenvalue weighted by atomic mass is 16.4. The molecule has 1 aliphatic rings. The molecular formula is C19H27N3O4. The number of nitrogens with one attached hydrogen (secondary N) is 2. The maximum atomic E-state index is 12.5. The molecule has 0 bridgehead atoms. The van der Waals surface area contributed by atoms with E-state index >= 15 is 0 Å². The number of carboxylic acids is 1. The number of nitrogens with zero attached hydrogens (tertiary/aromatic N) is 1. The van der Waals surface area contributed by atoms with Crippen molar-refractivity contribution in [2.75, 3.05) is 7.05 Å². The van der Waals surface area contributed by atoms with Gasteiger partial charge in [0.15, 0.2) is 0 Å². The van der Waals surface area contributed by atoms with Crippen LogP contribution in [0, 0.1) is 5.92 Å². The van der Waals surface area contributed by atoms with E-state index < -0.39 is 5.97 Å². The van der Waals surface area contributed by atoms with Gasteiger partial charge in [0.2, 0.25) is 0 Å². The minimum Gasteiger partial charge on any atom is -0.481 e. The Morgan fingerprint density at radius 3 is 2.50 bits per heavy atom. The fourth-order valence-electron chi connectivity index (χ4n) is 3.43. The van der Waals surface area contributed by atoms with Crippen molar-refractivity contribution in [3.8, 4) is 0 Å². The normalized spacial score (nSPS) is 15.9. The number of carboxylic acid groups (broad SMARTS) is 1. The minimum atomic E-state index is -0.857. The van der Waals surface area contributed by atoms with E-state index in [0.717, 1.165) is 19.3 Å². The molecule has 1 aromatic heterocycles. The van der Waals surface area contributed by atoms with Crippen molar-refractivity contribution in [3.05, 3.63) is 29.6 Å². The van der Waals surface area contributed by atoms with Crippen molar-refractivity contribution < 1.29 is 19.5 Å². The van der Waals surface area contributed by atoms with E-state index in [1.54, 1.807) is 6.07 Å². The zero-order valence-corrected chi connectivity index (χ0v) is 15.2. The first-order valence-electron chi connectivity index (χ1n) is 9.20. The zero-order chi connectivity index (χ0) is 18.9. The van der Waals surface area contributed by atoms with E-state index in [1.807, 2.05) is 0 Å². The van der Waals surface area contributed by atoms with Gasteiger partial charge in [-0.25, -0.2) is 0 Å². The highest BCUT2D eigenvalue weighted by molar-refractivity contribution is 5.96. The first-order chi connectivity index (χ1) is 12.5. The van der Waals surface area contributed by atoms with Crippen LogP contribution >= 0.6 is 0 Å². The summed E-state index contributed by atoms with van der Waals surface area (Å²) in [5.74, 6) is -0.915. The van der Waals surface area contributed by atoms with Crippen molar-refractivity contribution in [1.29, 1.82) is 0 Å². The maximum absolute atomic E-state index is 12.5. The predicted octanol–water partition coefficient (Wildman–Crippen LogP) is 2.37. The number of carbonyl (C=O) groups is 3. The number of carbonyl (C=O) groups excluding carboxylic acids is 2. The molecule has 1 fully saturated rings. The largest absolute Gasteiger partial charge is 0.481 e. The van der Waals surface area contributed by atoms with Crippen LogP contribution in [0.25, 0.3) is 0 Å². The number of hydrogen-bond acceptors (Lipinski definition) is 4. The third kappa shape index (κ3) is 6.13. The van der Waals surface area contributed by atoms with Crippen molar-refractivity contribution in [2.24, 2.45) is 5.92 Å².